The van der Waals surface area contributed by atoms with Gasteiger partial charge in [0.15, 0.2) is 5.52 Å². The minimum absolute atomic E-state index is 0.112. The Kier molecular flexibility index (Phi) is 2.51. The summed E-state index contributed by atoms with van der Waals surface area (Å²) < 4.78 is 1.09. The van der Waals surface area contributed by atoms with E-state index in [1.165, 1.54) is 0 Å². The van der Waals surface area contributed by atoms with Gasteiger partial charge in [0.05, 0.1) is 0 Å². The van der Waals surface area contributed by atoms with Crippen LogP contribution in [0.3, 0.4) is 0 Å². The number of hydrogen-bond acceptors (Lipinski definition) is 3. The van der Waals surface area contributed by atoms with Crippen molar-refractivity contribution in [2.45, 2.75) is 26.3 Å². The molecule has 0 radical (unpaired) electrons. The SMILES string of the molecule is CCCCn1c(=O)[nH]c2[nH]c(=O)[nH]c2c1=O. The summed E-state index contributed by atoms with van der Waals surface area (Å²) in [6.07, 6.45) is 1.62. The number of unbranched alkanes of at least 4 members (excludes halogenated alkanes) is 1. The van der Waals surface area contributed by atoms with E-state index < -0.39 is 16.9 Å². The quantitative estimate of drug-likeness (QED) is 0.655. The highest BCUT2D eigenvalue weighted by atomic mass is 16.2. The lowest BCUT2D eigenvalue weighted by molar-refractivity contribution is 0.588. The van der Waals surface area contributed by atoms with E-state index in [1.54, 1.807) is 0 Å². The molecule has 7 heteroatoms. The molecule has 3 N–H and O–H groups in total. The van der Waals surface area contributed by atoms with Gasteiger partial charge in [0.1, 0.15) is 5.65 Å². The zero-order chi connectivity index (χ0) is 11.7. The second-order valence-electron chi connectivity index (χ2n) is 3.57. The molecule has 2 heterocycles. The van der Waals surface area contributed by atoms with E-state index in [0.29, 0.717) is 6.54 Å². The third-order valence-electron chi connectivity index (χ3n) is 2.40. The largest absolute Gasteiger partial charge is 0.330 e. The number of H-pyrrole nitrogens is 3. The molecule has 0 amide bonds. The molecule has 2 rings (SSSR count). The summed E-state index contributed by atoms with van der Waals surface area (Å²) in [4.78, 5) is 41.5. The maximum Gasteiger partial charge on any atom is 0.330 e. The molecule has 7 nitrogen and oxygen atoms in total. The van der Waals surface area contributed by atoms with Crippen molar-refractivity contribution < 1.29 is 0 Å². The van der Waals surface area contributed by atoms with Gasteiger partial charge in [-0.25, -0.2) is 9.59 Å². The van der Waals surface area contributed by atoms with E-state index in [4.69, 9.17) is 0 Å². The van der Waals surface area contributed by atoms with Gasteiger partial charge in [-0.1, -0.05) is 13.3 Å². The van der Waals surface area contributed by atoms with Crippen LogP contribution in [0.2, 0.25) is 0 Å². The highest BCUT2D eigenvalue weighted by molar-refractivity contribution is 5.67. The van der Waals surface area contributed by atoms with E-state index in [9.17, 15) is 14.4 Å². The van der Waals surface area contributed by atoms with Gasteiger partial charge in [-0.3, -0.25) is 24.3 Å². The standard InChI is InChI=1S/C9H12N4O3/c1-2-3-4-13-7(14)5-6(12-9(13)16)11-8(15)10-5/h2-4H2,1H3,(H,12,16)(H2,10,11,15). The summed E-state index contributed by atoms with van der Waals surface area (Å²) in [5.74, 6) is 0. The maximum atomic E-state index is 11.8. The summed E-state index contributed by atoms with van der Waals surface area (Å²) in [6, 6.07) is 0. The zero-order valence-electron chi connectivity index (χ0n) is 8.79. The third kappa shape index (κ3) is 1.60. The van der Waals surface area contributed by atoms with E-state index >= 15 is 0 Å². The first-order chi connectivity index (χ1) is 7.63. The number of aromatic nitrogens is 4. The molecule has 0 aliphatic heterocycles. The molecule has 16 heavy (non-hydrogen) atoms. The van der Waals surface area contributed by atoms with Crippen LogP contribution in [-0.2, 0) is 6.54 Å². The van der Waals surface area contributed by atoms with Crippen molar-refractivity contribution in [3.8, 4) is 0 Å². The van der Waals surface area contributed by atoms with Crippen LogP contribution < -0.4 is 16.9 Å². The van der Waals surface area contributed by atoms with E-state index in [2.05, 4.69) is 15.0 Å². The lowest BCUT2D eigenvalue weighted by Gasteiger charge is -2.02. The Hall–Kier alpha value is -2.05. The molecule has 2 aromatic heterocycles. The Morgan fingerprint density at radius 3 is 2.56 bits per heavy atom. The van der Waals surface area contributed by atoms with Crippen molar-refractivity contribution in [3.05, 3.63) is 31.3 Å². The van der Waals surface area contributed by atoms with Crippen LogP contribution in [0.5, 0.6) is 0 Å². The maximum absolute atomic E-state index is 11.8. The van der Waals surface area contributed by atoms with E-state index in [-0.39, 0.29) is 11.2 Å². The molecule has 0 saturated carbocycles. The summed E-state index contributed by atoms with van der Waals surface area (Å²) in [6.45, 7) is 2.32. The first-order valence-electron chi connectivity index (χ1n) is 5.08. The van der Waals surface area contributed by atoms with Crippen LogP contribution in [0.4, 0.5) is 0 Å². The fraction of sp³-hybridized carbons (Fsp3) is 0.444. The monoisotopic (exact) mass is 224 g/mol. The van der Waals surface area contributed by atoms with Gasteiger partial charge in [-0.2, -0.15) is 0 Å². The van der Waals surface area contributed by atoms with Gasteiger partial charge in [0, 0.05) is 6.54 Å². The Morgan fingerprint density at radius 2 is 1.88 bits per heavy atom. The number of fused-ring (bicyclic) bond motifs is 1. The smallest absolute Gasteiger partial charge is 0.300 e. The second-order valence-corrected chi connectivity index (χ2v) is 3.57. The minimum Gasteiger partial charge on any atom is -0.300 e. The lowest BCUT2D eigenvalue weighted by atomic mass is 10.3. The van der Waals surface area contributed by atoms with Crippen molar-refractivity contribution in [1.29, 1.82) is 0 Å². The molecule has 0 unspecified atom stereocenters. The van der Waals surface area contributed by atoms with Crippen LogP contribution in [0, 0.1) is 0 Å². The van der Waals surface area contributed by atoms with Crippen LogP contribution in [-0.4, -0.2) is 19.5 Å². The van der Waals surface area contributed by atoms with Crippen LogP contribution in [0.25, 0.3) is 11.2 Å². The Bertz CT molecular complexity index is 672. The van der Waals surface area contributed by atoms with Crippen molar-refractivity contribution in [3.63, 3.8) is 0 Å². The summed E-state index contributed by atoms with van der Waals surface area (Å²) in [5.41, 5.74) is -1.21. The molecule has 86 valence electrons. The first-order valence-corrected chi connectivity index (χ1v) is 5.08. The molecule has 0 bridgehead atoms. The van der Waals surface area contributed by atoms with Gasteiger partial charge in [0.25, 0.3) is 5.56 Å². The van der Waals surface area contributed by atoms with Crippen LogP contribution >= 0.6 is 0 Å². The minimum atomic E-state index is -0.504. The fourth-order valence-corrected chi connectivity index (χ4v) is 1.56. The topological polar surface area (TPSA) is 104 Å². The molecule has 0 saturated heterocycles. The molecule has 0 fully saturated rings. The summed E-state index contributed by atoms with van der Waals surface area (Å²) in [5, 5.41) is 0. The molecule has 2 aromatic rings. The molecule has 0 spiro atoms. The Labute approximate surface area is 89.1 Å². The van der Waals surface area contributed by atoms with Gasteiger partial charge in [0.2, 0.25) is 0 Å². The number of rotatable bonds is 3. The predicted molar refractivity (Wildman–Crippen MR) is 58.7 cm³/mol. The molecule has 0 atom stereocenters. The van der Waals surface area contributed by atoms with Gasteiger partial charge < -0.3 is 0 Å². The Balaban J connectivity index is 2.70. The zero-order valence-corrected chi connectivity index (χ0v) is 8.79. The van der Waals surface area contributed by atoms with E-state index in [0.717, 1.165) is 17.4 Å². The summed E-state index contributed by atoms with van der Waals surface area (Å²) in [7, 11) is 0. The highest BCUT2D eigenvalue weighted by Gasteiger charge is 2.09. The molecular formula is C9H12N4O3. The van der Waals surface area contributed by atoms with E-state index in [1.807, 2.05) is 6.92 Å². The second kappa shape index (κ2) is 3.84. The van der Waals surface area contributed by atoms with Crippen molar-refractivity contribution in [2.24, 2.45) is 0 Å². The van der Waals surface area contributed by atoms with Crippen LogP contribution in [0.15, 0.2) is 14.4 Å². The molecule has 0 aromatic carbocycles. The van der Waals surface area contributed by atoms with Crippen molar-refractivity contribution in [1.82, 2.24) is 19.5 Å². The number of aromatic amines is 3. The lowest BCUT2D eigenvalue weighted by Crippen LogP contribution is -2.35. The molecule has 0 aliphatic carbocycles. The average Bonchev–Trinajstić information content (AvgIpc) is 2.59. The molecule has 0 aliphatic rings. The highest BCUT2D eigenvalue weighted by Crippen LogP contribution is 1.94. The number of imidazole rings is 1. The molecular weight excluding hydrogens is 212 g/mol. The average molecular weight is 224 g/mol. The Morgan fingerprint density at radius 1 is 1.12 bits per heavy atom. The number of nitrogens with one attached hydrogen (secondary N) is 3. The van der Waals surface area contributed by atoms with Crippen LogP contribution in [0.1, 0.15) is 19.8 Å². The predicted octanol–water partition coefficient (Wildman–Crippen LogP) is -0.494. The number of nitrogens with zero attached hydrogens (tertiary/aromatic N) is 1. The first kappa shape index (κ1) is 10.5. The van der Waals surface area contributed by atoms with Gasteiger partial charge in [-0.05, 0) is 6.42 Å². The van der Waals surface area contributed by atoms with Crippen molar-refractivity contribution >= 4 is 11.2 Å². The van der Waals surface area contributed by atoms with Gasteiger partial charge >= 0.3 is 11.4 Å². The number of hydrogen-bond donors (Lipinski definition) is 3. The normalized spacial score (nSPS) is 11.1. The van der Waals surface area contributed by atoms with Gasteiger partial charge in [-0.15, -0.1) is 0 Å². The fourth-order valence-electron chi connectivity index (χ4n) is 1.56. The van der Waals surface area contributed by atoms with Crippen molar-refractivity contribution in [2.75, 3.05) is 0 Å². The third-order valence-corrected chi connectivity index (χ3v) is 2.40. The summed E-state index contributed by atoms with van der Waals surface area (Å²) >= 11 is 0.